The Morgan fingerprint density at radius 2 is 0.641 bits per heavy atom. The van der Waals surface area contributed by atoms with Crippen LogP contribution in [0.2, 0.25) is 0 Å². The fourth-order valence-corrected chi connectivity index (χ4v) is 27.8. The number of hydrogen-bond donors (Lipinski definition) is 5. The minimum absolute atomic E-state index is 0.00199. The fourth-order valence-electron chi connectivity index (χ4n) is 15.6. The molecule has 8 aromatic carbocycles. The summed E-state index contributed by atoms with van der Waals surface area (Å²) < 4.78 is 227. The summed E-state index contributed by atoms with van der Waals surface area (Å²) in [5.74, 6) is -4.12. The van der Waals surface area contributed by atoms with Crippen LogP contribution in [0.3, 0.4) is 0 Å². The average Bonchev–Trinajstić information content (AvgIpc) is 1.71. The number of halogens is 8. The summed E-state index contributed by atoms with van der Waals surface area (Å²) in [7, 11) is -15.7. The molecule has 3 aliphatic rings. The Morgan fingerprint density at radius 3 is 0.908 bits per heavy atom. The lowest BCUT2D eigenvalue weighted by molar-refractivity contribution is 0.0918. The minimum Gasteiger partial charge on any atom is -0.391 e. The van der Waals surface area contributed by atoms with Gasteiger partial charge in [-0.2, -0.15) is 17.2 Å². The molecule has 0 amide bonds. The molecular weight excluding hydrogens is 2030 g/mol. The number of rotatable bonds is 43. The highest BCUT2D eigenvalue weighted by Gasteiger charge is 2.37. The van der Waals surface area contributed by atoms with E-state index in [9.17, 15) is 89.2 Å². The normalized spacial score (nSPS) is 15.5. The molecule has 772 valence electrons. The highest BCUT2D eigenvalue weighted by molar-refractivity contribution is 8.00. The van der Waals surface area contributed by atoms with Crippen molar-refractivity contribution in [2.45, 2.75) is 218 Å². The van der Waals surface area contributed by atoms with E-state index in [4.69, 9.17) is 11.3 Å². The Hall–Kier alpha value is -7.79. The third kappa shape index (κ3) is 33.6. The monoisotopic (exact) mass is 2160 g/mol. The van der Waals surface area contributed by atoms with Crippen LogP contribution in [0.1, 0.15) is 147 Å². The average molecular weight is 2160 g/mol. The van der Waals surface area contributed by atoms with Crippen LogP contribution >= 0.6 is 68.9 Å². The van der Waals surface area contributed by atoms with Crippen molar-refractivity contribution in [3.05, 3.63) is 235 Å². The van der Waals surface area contributed by atoms with Gasteiger partial charge in [0, 0.05) is 100 Å². The molecule has 4 aromatic heterocycles. The third-order valence-electron chi connectivity index (χ3n) is 23.6. The van der Waals surface area contributed by atoms with Gasteiger partial charge in [0.25, 0.3) is 0 Å². The molecule has 3 fully saturated rings. The first-order valence-electron chi connectivity index (χ1n) is 46.9. The van der Waals surface area contributed by atoms with Crippen molar-refractivity contribution in [2.24, 2.45) is 64.1 Å². The van der Waals surface area contributed by atoms with Crippen LogP contribution < -0.4 is 5.73 Å². The Morgan fingerprint density at radius 1 is 0.380 bits per heavy atom. The molecule has 0 aliphatic heterocycles. The van der Waals surface area contributed by atoms with Gasteiger partial charge in [0.1, 0.15) is 46.5 Å². The maximum absolute atomic E-state index is 13.6. The number of aliphatic hydroxyl groups excluding tert-OH is 4. The zero-order chi connectivity index (χ0) is 104. The molecule has 3 saturated carbocycles. The maximum atomic E-state index is 13.6. The number of azide groups is 1. The lowest BCUT2D eigenvalue weighted by Crippen LogP contribution is -2.47. The number of hydrogen-bond acceptors (Lipinski definition) is 24. The van der Waals surface area contributed by atoms with Gasteiger partial charge >= 0.3 is 0 Å². The molecular formula is C100H124F8N12O12S10. The molecule has 8 atom stereocenters. The van der Waals surface area contributed by atoms with Gasteiger partial charge in [-0.05, 0) is 266 Å². The zero-order valence-electron chi connectivity index (χ0n) is 81.3. The molecule has 12 aromatic rings. The van der Waals surface area contributed by atoms with Gasteiger partial charge in [0.05, 0.1) is 101 Å². The van der Waals surface area contributed by atoms with E-state index < -0.39 is 135 Å². The number of thioether (sulfide) groups is 2. The van der Waals surface area contributed by atoms with Crippen molar-refractivity contribution >= 4 is 150 Å². The van der Waals surface area contributed by atoms with Crippen molar-refractivity contribution in [1.82, 2.24) is 37.2 Å². The van der Waals surface area contributed by atoms with Crippen molar-refractivity contribution in [3.8, 4) is 0 Å². The number of sulfonamides is 4. The van der Waals surface area contributed by atoms with E-state index in [0.29, 0.717) is 40.1 Å². The highest BCUT2D eigenvalue weighted by Crippen LogP contribution is 2.40. The number of thiazole rings is 4. The summed E-state index contributed by atoms with van der Waals surface area (Å²) in [5, 5.41) is 48.9. The van der Waals surface area contributed by atoms with Crippen LogP contribution in [0.4, 0.5) is 35.1 Å². The largest absolute Gasteiger partial charge is 0.391 e. The summed E-state index contributed by atoms with van der Waals surface area (Å²) >= 11 is 8.85. The van der Waals surface area contributed by atoms with Gasteiger partial charge in [-0.25, -0.2) is 88.7 Å². The van der Waals surface area contributed by atoms with Crippen LogP contribution in [0, 0.1) is 99.8 Å². The summed E-state index contributed by atoms with van der Waals surface area (Å²) in [4.78, 5) is 21.4. The lowest BCUT2D eigenvalue weighted by atomic mass is 9.95. The summed E-state index contributed by atoms with van der Waals surface area (Å²) in [6, 6.07) is 29.9. The predicted molar refractivity (Wildman–Crippen MR) is 551 cm³/mol. The van der Waals surface area contributed by atoms with Crippen molar-refractivity contribution in [2.75, 3.05) is 64.9 Å². The summed E-state index contributed by atoms with van der Waals surface area (Å²) in [6.07, 6.45) is 9.17. The van der Waals surface area contributed by atoms with Crippen LogP contribution in [0.15, 0.2) is 179 Å². The van der Waals surface area contributed by atoms with Gasteiger partial charge < -0.3 is 26.2 Å². The Labute approximate surface area is 851 Å². The summed E-state index contributed by atoms with van der Waals surface area (Å²) in [6.45, 7) is 20.8. The standard InChI is InChI=1S/C26H32F2N2O3S2.C25H31F2N3O3S2.C23H28F2N2O3S3.C22H25F2N5O3S3.C4H8/c1-16(2)14-30(15-24(31)17(3)8-19-9-20(27)12-21(28)10-19)35(32,33)22-6-7-23-25(13-22)34-26(29-23)11-18-4-5-18;1-15(2)13-30(14-23(31)21(28)9-17-7-18(26)11-19(27)8-17)35(32,33)20-5-6-22-24(12-20)34-25(29-22)10-16-3-4-16;1-14(2)12-27(13-21(28)15(3)7-16-8-17(24)10-18(25)9-16)33(29,30)19-5-6-20-22(11-19)32-23(26-20)31-4;1-13(2)11-29(35(31,32)17-4-5-18-21(10-17)34-22(26-18)33-3)12-20(30)19(27-28-25)8-14-6-15(23)9-16(24)7-14;1-4-2-3-4/h6-7,9-10,12-13,16-18,24,31H,4-5,8,11,14-15H2,1-3H3;5-8,11-12,15-16,21,23,31H,3-4,9-10,13-14,28H2,1-2H3;5-6,8-11,14-15,21,28H,7,12-13H2,1-4H3;4-7,9-10,13,19-20,30H,8,11-12H2,1-3H3;4H,2-3H2,1H3/t17?,24-;21?,23-;15?,21-;19?,20-;/m1111./s1. The van der Waals surface area contributed by atoms with Gasteiger partial charge in [-0.3, -0.25) is 0 Å². The van der Waals surface area contributed by atoms with E-state index in [0.717, 1.165) is 120 Å². The van der Waals surface area contributed by atoms with Gasteiger partial charge in [-0.15, -0.1) is 45.3 Å². The predicted octanol–water partition coefficient (Wildman–Crippen LogP) is 21.3. The number of nitrogens with zero attached hydrogens (tertiary/aromatic N) is 11. The van der Waals surface area contributed by atoms with Gasteiger partial charge in [0.2, 0.25) is 40.1 Å². The van der Waals surface area contributed by atoms with E-state index in [1.54, 1.807) is 80.6 Å². The van der Waals surface area contributed by atoms with Crippen molar-refractivity contribution in [1.29, 1.82) is 0 Å². The summed E-state index contributed by atoms with van der Waals surface area (Å²) in [5.41, 5.74) is 19.4. The quantitative estimate of drug-likeness (QED) is 0.00779. The Kier molecular flexibility index (Phi) is 41.3. The third-order valence-corrected chi connectivity index (χ3v) is 37.0. The Balaban J connectivity index is 0.000000178. The first-order valence-corrected chi connectivity index (χ1v) is 58.4. The fraction of sp³-hybridized carbons (Fsp3) is 0.480. The van der Waals surface area contributed by atoms with Crippen LogP contribution in [-0.4, -0.2) is 193 Å². The van der Waals surface area contributed by atoms with E-state index in [1.165, 1.54) is 151 Å². The minimum atomic E-state index is -4.02. The molecule has 42 heteroatoms. The number of aliphatic hydroxyl groups is 4. The van der Waals surface area contributed by atoms with E-state index in [-0.39, 0.29) is 127 Å². The number of benzene rings is 8. The van der Waals surface area contributed by atoms with Crippen molar-refractivity contribution in [3.63, 3.8) is 0 Å². The smallest absolute Gasteiger partial charge is 0.243 e. The first kappa shape index (κ1) is 115. The van der Waals surface area contributed by atoms with Crippen LogP contribution in [-0.2, 0) is 78.6 Å². The molecule has 0 spiro atoms. The molecule has 3 aliphatic carbocycles. The first-order chi connectivity index (χ1) is 66.9. The molecule has 0 radical (unpaired) electrons. The maximum Gasteiger partial charge on any atom is 0.243 e. The van der Waals surface area contributed by atoms with Gasteiger partial charge in [-0.1, -0.05) is 118 Å². The second-order valence-corrected chi connectivity index (χ2v) is 52.7. The lowest BCUT2D eigenvalue weighted by Gasteiger charge is -2.29. The van der Waals surface area contributed by atoms with E-state index in [1.807, 2.05) is 67.9 Å². The molecule has 24 nitrogen and oxygen atoms in total. The topological polar surface area (TPSA) is 357 Å². The zero-order valence-corrected chi connectivity index (χ0v) is 89.5. The Bertz CT molecular complexity index is 6550. The number of fused-ring (bicyclic) bond motifs is 4. The molecule has 6 N–H and O–H groups in total. The highest BCUT2D eigenvalue weighted by atomic mass is 32.2. The molecule has 0 bridgehead atoms. The van der Waals surface area contributed by atoms with Gasteiger partial charge in [0.15, 0.2) is 8.68 Å². The molecule has 142 heavy (non-hydrogen) atoms. The SMILES string of the molecule is CC(C)CN(C[C@@H](O)C(C)Cc1cc(F)cc(F)c1)S(=O)(=O)c1ccc2nc(CC3CC3)sc2c1.CC(C)CN(C[C@@H](O)C(N)Cc1cc(F)cc(F)c1)S(=O)(=O)c1ccc2nc(CC3CC3)sc2c1.CC1CC1.CSc1nc2ccc(S(=O)(=O)N(CC(C)C)C[C@@H](O)C(C)Cc3cc(F)cc(F)c3)cc2s1.CSc1nc2ccc(S(=O)(=O)N(CC(C)C)C[C@@H](O)C(Cc3cc(F)cc(F)c3)N=[N+]=[N-])cc2s1. The second kappa shape index (κ2) is 51.2. The molecule has 4 unspecified atom stereocenters. The number of aromatic nitrogens is 4. The molecule has 0 saturated heterocycles. The van der Waals surface area contributed by atoms with Crippen LogP contribution in [0.5, 0.6) is 0 Å². The number of nitrogens with two attached hydrogens (primary N) is 1. The van der Waals surface area contributed by atoms with E-state index >= 15 is 0 Å². The van der Waals surface area contributed by atoms with Crippen molar-refractivity contribution < 1.29 is 89.2 Å². The molecule has 4 heterocycles. The second-order valence-electron chi connectivity index (χ2n) is 38.5. The molecule has 15 rings (SSSR count). The van der Waals surface area contributed by atoms with Crippen LogP contribution in [0.25, 0.3) is 51.3 Å². The van der Waals surface area contributed by atoms with E-state index in [2.05, 4.69) is 36.9 Å².